The molecule has 0 spiro atoms. The van der Waals surface area contributed by atoms with E-state index in [0.717, 1.165) is 0 Å². The predicted molar refractivity (Wildman–Crippen MR) is 99.2 cm³/mol. The molecule has 3 rings (SSSR count). The molecular formula is C17H16ClN5O2. The number of guanidine groups is 1. The number of amides is 1. The van der Waals surface area contributed by atoms with Gasteiger partial charge in [0, 0.05) is 24.2 Å². The Kier molecular flexibility index (Phi) is 4.49. The molecule has 0 saturated carbocycles. The van der Waals surface area contributed by atoms with Crippen molar-refractivity contribution in [2.75, 3.05) is 12.8 Å². The average molecular weight is 358 g/mol. The van der Waals surface area contributed by atoms with Gasteiger partial charge in [0.1, 0.15) is 11.4 Å². The Morgan fingerprint density at radius 1 is 1.28 bits per heavy atom. The van der Waals surface area contributed by atoms with E-state index >= 15 is 0 Å². The Morgan fingerprint density at radius 2 is 2.08 bits per heavy atom. The number of ether oxygens (including phenoxy) is 1. The van der Waals surface area contributed by atoms with Crippen molar-refractivity contribution in [2.45, 2.75) is 0 Å². The summed E-state index contributed by atoms with van der Waals surface area (Å²) in [6, 6.07) is 12.1. The summed E-state index contributed by atoms with van der Waals surface area (Å²) in [6.07, 6.45) is 0. The Hall–Kier alpha value is -3.19. The molecule has 0 atom stereocenters. The molecule has 1 amide bonds. The first-order valence-electron chi connectivity index (χ1n) is 7.36. The number of carbonyl (C=O) groups excluding carboxylic acids is 1. The molecule has 0 aliphatic heterocycles. The molecular weight excluding hydrogens is 342 g/mol. The van der Waals surface area contributed by atoms with Crippen molar-refractivity contribution in [3.63, 3.8) is 0 Å². The van der Waals surface area contributed by atoms with Gasteiger partial charge in [0.2, 0.25) is 0 Å². The maximum Gasteiger partial charge on any atom is 0.274 e. The molecule has 0 aliphatic carbocycles. The van der Waals surface area contributed by atoms with Crippen molar-refractivity contribution >= 4 is 40.1 Å². The molecule has 8 heteroatoms. The molecule has 0 saturated heterocycles. The number of benzene rings is 2. The van der Waals surface area contributed by atoms with Crippen LogP contribution in [-0.2, 0) is 0 Å². The number of hydrogen-bond donors (Lipinski definition) is 4. The van der Waals surface area contributed by atoms with Gasteiger partial charge >= 0.3 is 0 Å². The normalized spacial score (nSPS) is 11.5. The largest absolute Gasteiger partial charge is 0.455 e. The van der Waals surface area contributed by atoms with Gasteiger partial charge in [-0.2, -0.15) is 0 Å². The van der Waals surface area contributed by atoms with Gasteiger partial charge in [-0.3, -0.25) is 15.1 Å². The molecule has 0 radical (unpaired) electrons. The number of nitrogens with zero attached hydrogens (tertiary/aromatic N) is 1. The summed E-state index contributed by atoms with van der Waals surface area (Å²) < 4.78 is 5.87. The van der Waals surface area contributed by atoms with Gasteiger partial charge < -0.3 is 21.2 Å². The first-order chi connectivity index (χ1) is 12.0. The summed E-state index contributed by atoms with van der Waals surface area (Å²) in [5.74, 6) is 0.684. The molecule has 0 fully saturated rings. The van der Waals surface area contributed by atoms with Gasteiger partial charge in [0.15, 0.2) is 11.7 Å². The summed E-state index contributed by atoms with van der Waals surface area (Å²) in [7, 11) is 1.48. The lowest BCUT2D eigenvalue weighted by Crippen LogP contribution is -2.36. The minimum absolute atomic E-state index is 0.0194. The highest BCUT2D eigenvalue weighted by Crippen LogP contribution is 2.34. The van der Waals surface area contributed by atoms with E-state index in [9.17, 15) is 4.79 Å². The average Bonchev–Trinajstić information content (AvgIpc) is 3.04. The van der Waals surface area contributed by atoms with Crippen LogP contribution in [0.25, 0.3) is 10.9 Å². The molecule has 25 heavy (non-hydrogen) atoms. The van der Waals surface area contributed by atoms with E-state index < -0.39 is 5.91 Å². The zero-order valence-corrected chi connectivity index (χ0v) is 14.1. The summed E-state index contributed by atoms with van der Waals surface area (Å²) in [5.41, 5.74) is 12.8. The van der Waals surface area contributed by atoms with E-state index in [2.05, 4.69) is 15.3 Å². The van der Waals surface area contributed by atoms with Crippen LogP contribution in [0.1, 0.15) is 10.5 Å². The van der Waals surface area contributed by atoms with E-state index in [1.807, 2.05) is 0 Å². The minimum Gasteiger partial charge on any atom is -0.455 e. The number of halogens is 1. The highest BCUT2D eigenvalue weighted by Gasteiger charge is 2.15. The van der Waals surface area contributed by atoms with Crippen molar-refractivity contribution in [3.8, 4) is 11.5 Å². The highest BCUT2D eigenvalue weighted by atomic mass is 35.5. The number of aromatic nitrogens is 1. The number of carbonyl (C=O) groups is 1. The molecule has 2 aromatic carbocycles. The fourth-order valence-electron chi connectivity index (χ4n) is 2.31. The van der Waals surface area contributed by atoms with Gasteiger partial charge in [-0.25, -0.2) is 0 Å². The molecule has 1 aromatic heterocycles. The molecule has 7 nitrogen and oxygen atoms in total. The molecule has 0 aliphatic rings. The fraction of sp³-hybridized carbons (Fsp3) is 0.0588. The standard InChI is InChI=1S/C17H16ClN5O2/c1-21-17(20)23-16(24)13-8-11-12(18)5-6-14(15(11)22-13)25-10-4-2-3-9(19)7-10/h2-8,22H,19H2,1H3,(H3,20,21,23,24). The summed E-state index contributed by atoms with van der Waals surface area (Å²) in [4.78, 5) is 18.9. The van der Waals surface area contributed by atoms with E-state index in [4.69, 9.17) is 27.8 Å². The minimum atomic E-state index is -0.426. The van der Waals surface area contributed by atoms with Crippen molar-refractivity contribution in [1.29, 1.82) is 0 Å². The second-order valence-corrected chi connectivity index (χ2v) is 5.66. The van der Waals surface area contributed by atoms with Gasteiger partial charge in [-0.15, -0.1) is 0 Å². The third-order valence-electron chi connectivity index (χ3n) is 3.52. The fourth-order valence-corrected chi connectivity index (χ4v) is 2.52. The number of anilines is 1. The summed E-state index contributed by atoms with van der Waals surface area (Å²) >= 11 is 6.23. The van der Waals surface area contributed by atoms with Crippen LogP contribution in [-0.4, -0.2) is 23.9 Å². The number of fused-ring (bicyclic) bond motifs is 1. The Balaban J connectivity index is 2.00. The monoisotopic (exact) mass is 357 g/mol. The van der Waals surface area contributed by atoms with E-state index in [1.165, 1.54) is 7.05 Å². The zero-order chi connectivity index (χ0) is 18.0. The van der Waals surface area contributed by atoms with Gasteiger partial charge in [-0.05, 0) is 30.3 Å². The predicted octanol–water partition coefficient (Wildman–Crippen LogP) is 2.87. The molecule has 6 N–H and O–H groups in total. The van der Waals surface area contributed by atoms with Crippen molar-refractivity contribution in [2.24, 2.45) is 10.7 Å². The lowest BCUT2D eigenvalue weighted by atomic mass is 10.2. The van der Waals surface area contributed by atoms with Crippen molar-refractivity contribution in [3.05, 3.63) is 53.2 Å². The van der Waals surface area contributed by atoms with Crippen molar-refractivity contribution < 1.29 is 9.53 Å². The Labute approximate surface area is 148 Å². The van der Waals surface area contributed by atoms with Crippen LogP contribution in [0, 0.1) is 0 Å². The number of aromatic amines is 1. The number of aliphatic imine (C=N–C) groups is 1. The topological polar surface area (TPSA) is 119 Å². The van der Waals surface area contributed by atoms with Gasteiger partial charge in [0.05, 0.1) is 10.5 Å². The Morgan fingerprint density at radius 3 is 2.80 bits per heavy atom. The van der Waals surface area contributed by atoms with E-state index in [1.54, 1.807) is 42.5 Å². The van der Waals surface area contributed by atoms with Crippen LogP contribution in [0.4, 0.5) is 5.69 Å². The van der Waals surface area contributed by atoms with E-state index in [0.29, 0.717) is 33.1 Å². The van der Waals surface area contributed by atoms with Gasteiger partial charge in [-0.1, -0.05) is 17.7 Å². The van der Waals surface area contributed by atoms with Crippen LogP contribution in [0.2, 0.25) is 5.02 Å². The SMILES string of the molecule is CN=C(N)NC(=O)c1cc2c(Cl)ccc(Oc3cccc(N)c3)c2[nH]1. The second-order valence-electron chi connectivity index (χ2n) is 5.25. The lowest BCUT2D eigenvalue weighted by molar-refractivity contribution is 0.0972. The molecule has 128 valence electrons. The lowest BCUT2D eigenvalue weighted by Gasteiger charge is -2.08. The first kappa shape index (κ1) is 16.7. The zero-order valence-electron chi connectivity index (χ0n) is 13.3. The van der Waals surface area contributed by atoms with Crippen LogP contribution in [0.3, 0.4) is 0 Å². The van der Waals surface area contributed by atoms with Crippen LogP contribution < -0.4 is 21.5 Å². The smallest absolute Gasteiger partial charge is 0.274 e. The highest BCUT2D eigenvalue weighted by molar-refractivity contribution is 6.36. The third-order valence-corrected chi connectivity index (χ3v) is 3.85. The van der Waals surface area contributed by atoms with Crippen LogP contribution >= 0.6 is 11.6 Å². The molecule has 0 bridgehead atoms. The van der Waals surface area contributed by atoms with Crippen LogP contribution in [0.5, 0.6) is 11.5 Å². The molecule has 0 unspecified atom stereocenters. The molecule has 3 aromatic rings. The Bertz CT molecular complexity index is 980. The number of hydrogen-bond acceptors (Lipinski definition) is 4. The molecule has 1 heterocycles. The number of H-pyrrole nitrogens is 1. The maximum absolute atomic E-state index is 12.2. The quantitative estimate of drug-likeness (QED) is 0.327. The number of nitrogen functional groups attached to an aromatic ring is 1. The van der Waals surface area contributed by atoms with Crippen LogP contribution in [0.15, 0.2) is 47.5 Å². The number of nitrogens with one attached hydrogen (secondary N) is 2. The third kappa shape index (κ3) is 3.51. The maximum atomic E-state index is 12.2. The van der Waals surface area contributed by atoms with Crippen molar-refractivity contribution in [1.82, 2.24) is 10.3 Å². The first-order valence-corrected chi connectivity index (χ1v) is 7.74. The summed E-state index contributed by atoms with van der Waals surface area (Å²) in [5, 5.41) is 3.60. The number of rotatable bonds is 3. The summed E-state index contributed by atoms with van der Waals surface area (Å²) in [6.45, 7) is 0. The van der Waals surface area contributed by atoms with E-state index in [-0.39, 0.29) is 11.7 Å². The number of nitrogens with two attached hydrogens (primary N) is 2. The second kappa shape index (κ2) is 6.74. The van der Waals surface area contributed by atoms with Gasteiger partial charge in [0.25, 0.3) is 5.91 Å².